The van der Waals surface area contributed by atoms with E-state index in [2.05, 4.69) is 17.5 Å². The summed E-state index contributed by atoms with van der Waals surface area (Å²) in [6.07, 6.45) is 5.60. The molecule has 2 amide bonds. The van der Waals surface area contributed by atoms with Crippen LogP contribution in [-0.4, -0.2) is 30.0 Å². The maximum absolute atomic E-state index is 12.9. The van der Waals surface area contributed by atoms with E-state index in [4.69, 9.17) is 4.74 Å². The molecule has 5 aliphatic rings. The van der Waals surface area contributed by atoms with Crippen LogP contribution < -0.4 is 10.1 Å². The summed E-state index contributed by atoms with van der Waals surface area (Å²) in [5.74, 6) is 2.46. The van der Waals surface area contributed by atoms with Crippen LogP contribution in [0.4, 0.5) is 5.69 Å². The third-order valence-corrected chi connectivity index (χ3v) is 6.36. The number of allylic oxidation sites excluding steroid dienone is 2. The van der Waals surface area contributed by atoms with E-state index in [0.29, 0.717) is 18.4 Å². The first-order valence-corrected chi connectivity index (χ1v) is 9.19. The second-order valence-electron chi connectivity index (χ2n) is 7.55. The molecule has 5 nitrogen and oxygen atoms in total. The molecular weight excluding hydrogens is 316 g/mol. The zero-order chi connectivity index (χ0) is 17.1. The molecule has 0 spiro atoms. The number of rotatable bonds is 5. The van der Waals surface area contributed by atoms with Gasteiger partial charge in [0, 0.05) is 5.69 Å². The summed E-state index contributed by atoms with van der Waals surface area (Å²) in [5, 5.41) is 3.21. The number of hydrogen-bond acceptors (Lipinski definition) is 4. The maximum Gasteiger partial charge on any atom is 0.235 e. The van der Waals surface area contributed by atoms with Crippen LogP contribution >= 0.6 is 0 Å². The van der Waals surface area contributed by atoms with E-state index < -0.39 is 0 Å². The maximum atomic E-state index is 12.9. The number of likely N-dealkylation sites (tertiary alicyclic amines) is 1. The smallest absolute Gasteiger partial charge is 0.235 e. The van der Waals surface area contributed by atoms with Crippen LogP contribution in [0, 0.1) is 35.5 Å². The van der Waals surface area contributed by atoms with E-state index in [1.54, 1.807) is 0 Å². The Balaban J connectivity index is 1.29. The second kappa shape index (κ2) is 5.35. The van der Waals surface area contributed by atoms with Gasteiger partial charge in [-0.25, -0.2) is 0 Å². The zero-order valence-electron chi connectivity index (χ0n) is 14.2. The van der Waals surface area contributed by atoms with Crippen molar-refractivity contribution in [2.75, 3.05) is 18.6 Å². The molecule has 1 heterocycles. The Bertz CT molecular complexity index is 721. The Hall–Kier alpha value is -2.30. The Labute approximate surface area is 147 Å². The fourth-order valence-corrected chi connectivity index (χ4v) is 5.18. The average Bonchev–Trinajstić information content (AvgIpc) is 3.41. The molecule has 0 aromatic heterocycles. The molecule has 6 atom stereocenters. The minimum atomic E-state index is -0.117. The van der Waals surface area contributed by atoms with Gasteiger partial charge in [0.25, 0.3) is 0 Å². The number of carbonyl (C=O) groups is 2. The number of anilines is 1. The van der Waals surface area contributed by atoms with Crippen LogP contribution in [0.1, 0.15) is 13.3 Å². The third-order valence-electron chi connectivity index (χ3n) is 6.36. The number of hydrogen-bond donors (Lipinski definition) is 1. The quantitative estimate of drug-likeness (QED) is 0.662. The molecule has 4 aliphatic carbocycles. The van der Waals surface area contributed by atoms with Gasteiger partial charge in [-0.1, -0.05) is 12.2 Å². The average molecular weight is 338 g/mol. The third kappa shape index (κ3) is 2.14. The van der Waals surface area contributed by atoms with Crippen molar-refractivity contribution < 1.29 is 14.3 Å². The molecule has 130 valence electrons. The largest absolute Gasteiger partial charge is 0.494 e. The van der Waals surface area contributed by atoms with Crippen molar-refractivity contribution >= 4 is 17.5 Å². The monoisotopic (exact) mass is 338 g/mol. The first kappa shape index (κ1) is 15.0. The molecule has 5 heteroatoms. The summed E-state index contributed by atoms with van der Waals surface area (Å²) in [6, 6.07) is 7.58. The molecule has 6 rings (SSSR count). The molecule has 1 aliphatic heterocycles. The minimum Gasteiger partial charge on any atom is -0.494 e. The fraction of sp³-hybridized carbons (Fsp3) is 0.500. The van der Waals surface area contributed by atoms with Gasteiger partial charge in [-0.15, -0.1) is 0 Å². The number of carbonyl (C=O) groups excluding carboxylic acids is 2. The number of nitrogens with one attached hydrogen (secondary N) is 1. The van der Waals surface area contributed by atoms with E-state index in [9.17, 15) is 9.59 Å². The van der Waals surface area contributed by atoms with E-state index in [1.807, 2.05) is 31.2 Å². The van der Waals surface area contributed by atoms with Gasteiger partial charge >= 0.3 is 0 Å². The molecule has 6 unspecified atom stereocenters. The molecule has 2 bridgehead atoms. The van der Waals surface area contributed by atoms with E-state index >= 15 is 0 Å². The number of nitrogens with zero attached hydrogens (tertiary/aromatic N) is 1. The van der Waals surface area contributed by atoms with Crippen LogP contribution in [0.3, 0.4) is 0 Å². The number of ether oxygens (including phenoxy) is 1. The number of amides is 2. The predicted octanol–water partition coefficient (Wildman–Crippen LogP) is 2.51. The van der Waals surface area contributed by atoms with Gasteiger partial charge in [-0.05, 0) is 61.3 Å². The summed E-state index contributed by atoms with van der Waals surface area (Å²) in [6.45, 7) is 2.82. The highest BCUT2D eigenvalue weighted by molar-refractivity contribution is 6.06. The highest BCUT2D eigenvalue weighted by Gasteiger charge is 2.66. The van der Waals surface area contributed by atoms with Crippen LogP contribution in [0.2, 0.25) is 0 Å². The van der Waals surface area contributed by atoms with Crippen LogP contribution in [0.25, 0.3) is 0 Å². The molecule has 1 aromatic carbocycles. The number of imide groups is 1. The lowest BCUT2D eigenvalue weighted by molar-refractivity contribution is -0.139. The first-order chi connectivity index (χ1) is 12.2. The molecule has 1 aromatic rings. The Morgan fingerprint density at radius 3 is 2.20 bits per heavy atom. The molecule has 1 saturated heterocycles. The Kier molecular flexibility index (Phi) is 3.21. The highest BCUT2D eigenvalue weighted by Crippen LogP contribution is 2.65. The lowest BCUT2D eigenvalue weighted by Crippen LogP contribution is -2.40. The predicted molar refractivity (Wildman–Crippen MR) is 92.7 cm³/mol. The molecule has 0 radical (unpaired) electrons. The molecular formula is C20H22N2O3. The van der Waals surface area contributed by atoms with Crippen molar-refractivity contribution in [2.24, 2.45) is 35.5 Å². The van der Waals surface area contributed by atoms with Gasteiger partial charge in [-0.2, -0.15) is 0 Å². The Morgan fingerprint density at radius 1 is 1.04 bits per heavy atom. The van der Waals surface area contributed by atoms with Crippen molar-refractivity contribution in [3.8, 4) is 5.75 Å². The molecule has 3 fully saturated rings. The normalized spacial score (nSPS) is 37.1. The van der Waals surface area contributed by atoms with Crippen LogP contribution in [0.15, 0.2) is 36.4 Å². The van der Waals surface area contributed by atoms with Crippen molar-refractivity contribution in [3.63, 3.8) is 0 Å². The van der Waals surface area contributed by atoms with Crippen LogP contribution in [0.5, 0.6) is 5.75 Å². The summed E-state index contributed by atoms with van der Waals surface area (Å²) in [5.41, 5.74) is 0.878. The second-order valence-corrected chi connectivity index (χ2v) is 7.55. The van der Waals surface area contributed by atoms with Crippen LogP contribution in [-0.2, 0) is 9.59 Å². The van der Waals surface area contributed by atoms with Gasteiger partial charge in [0.2, 0.25) is 11.8 Å². The van der Waals surface area contributed by atoms with Gasteiger partial charge in [0.1, 0.15) is 5.75 Å². The van der Waals surface area contributed by atoms with Gasteiger partial charge in [-0.3, -0.25) is 14.5 Å². The summed E-state index contributed by atoms with van der Waals surface area (Å²) in [7, 11) is 0. The van der Waals surface area contributed by atoms with Crippen molar-refractivity contribution in [1.82, 2.24) is 4.90 Å². The summed E-state index contributed by atoms with van der Waals surface area (Å²) < 4.78 is 5.43. The standard InChI is InChI=1S/C20H22N2O3/c1-2-25-12-5-3-11(4-6-12)21-10-22-19(23)17-13-7-8-14(16-9-15(13)16)18(17)20(22)24/h3-8,13-18,21H,2,9-10H2,1H3. The van der Waals surface area contributed by atoms with Crippen molar-refractivity contribution in [2.45, 2.75) is 13.3 Å². The van der Waals surface area contributed by atoms with E-state index in [0.717, 1.165) is 11.4 Å². The lowest BCUT2D eigenvalue weighted by atomic mass is 9.63. The van der Waals surface area contributed by atoms with Gasteiger partial charge in [0.15, 0.2) is 0 Å². The first-order valence-electron chi connectivity index (χ1n) is 9.19. The minimum absolute atomic E-state index is 0.0122. The molecule has 1 N–H and O–H groups in total. The molecule has 2 saturated carbocycles. The van der Waals surface area contributed by atoms with Gasteiger partial charge in [0.05, 0.1) is 25.1 Å². The zero-order valence-corrected chi connectivity index (χ0v) is 14.2. The van der Waals surface area contributed by atoms with Gasteiger partial charge < -0.3 is 10.1 Å². The van der Waals surface area contributed by atoms with Crippen molar-refractivity contribution in [3.05, 3.63) is 36.4 Å². The number of benzene rings is 1. The van der Waals surface area contributed by atoms with E-state index in [1.165, 1.54) is 11.3 Å². The van der Waals surface area contributed by atoms with Crippen molar-refractivity contribution in [1.29, 1.82) is 0 Å². The highest BCUT2D eigenvalue weighted by atomic mass is 16.5. The Morgan fingerprint density at radius 2 is 1.64 bits per heavy atom. The SMILES string of the molecule is CCOc1ccc(NCN2C(=O)C3C4C=CC(C5CC45)C3C2=O)cc1. The summed E-state index contributed by atoms with van der Waals surface area (Å²) in [4.78, 5) is 27.2. The fourth-order valence-electron chi connectivity index (χ4n) is 5.18. The molecule has 25 heavy (non-hydrogen) atoms. The summed E-state index contributed by atoms with van der Waals surface area (Å²) >= 11 is 0. The lowest BCUT2D eigenvalue weighted by Gasteiger charge is -2.37. The topological polar surface area (TPSA) is 58.6 Å². The van der Waals surface area contributed by atoms with E-state index in [-0.39, 0.29) is 42.2 Å².